The Bertz CT molecular complexity index is 973. The Morgan fingerprint density at radius 1 is 1.07 bits per heavy atom. The van der Waals surface area contributed by atoms with Crippen molar-refractivity contribution in [2.75, 3.05) is 44.8 Å². The van der Waals surface area contributed by atoms with Crippen molar-refractivity contribution in [3.63, 3.8) is 0 Å². The number of methoxy groups -OCH3 is 1. The second kappa shape index (κ2) is 10.4. The van der Waals surface area contributed by atoms with Crippen molar-refractivity contribution in [1.82, 2.24) is 9.88 Å². The highest BCUT2D eigenvalue weighted by Crippen LogP contribution is 2.30. The summed E-state index contributed by atoms with van der Waals surface area (Å²) in [5.74, 6) is 0.673. The third kappa shape index (κ3) is 5.25. The molecule has 0 fully saturated rings. The number of ether oxygens (including phenoxy) is 2. The number of likely N-dealkylation sites (N-methyl/N-ethyl adjacent to an activating group) is 1. The van der Waals surface area contributed by atoms with Gasteiger partial charge in [0.25, 0.3) is 5.91 Å². The lowest BCUT2D eigenvalue weighted by molar-refractivity contribution is -0.120. The van der Waals surface area contributed by atoms with Crippen LogP contribution >= 0.6 is 11.3 Å². The van der Waals surface area contributed by atoms with Crippen LogP contribution in [0.4, 0.5) is 9.52 Å². The molecule has 0 saturated carbocycles. The van der Waals surface area contributed by atoms with Crippen LogP contribution in [-0.2, 0) is 4.79 Å². The van der Waals surface area contributed by atoms with E-state index < -0.39 is 0 Å². The molecule has 0 atom stereocenters. The molecule has 0 saturated heterocycles. The summed E-state index contributed by atoms with van der Waals surface area (Å²) in [5.41, 5.74) is 0.286. The van der Waals surface area contributed by atoms with E-state index in [1.54, 1.807) is 48.4 Å². The number of halogens is 1. The van der Waals surface area contributed by atoms with Crippen molar-refractivity contribution in [3.8, 4) is 11.5 Å². The second-order valence-electron chi connectivity index (χ2n) is 6.62. The molecule has 30 heavy (non-hydrogen) atoms. The molecular formula is C22H26FN3O3S. The topological polar surface area (TPSA) is 54.9 Å². The minimum atomic E-state index is -0.388. The molecule has 0 spiro atoms. The van der Waals surface area contributed by atoms with E-state index in [1.165, 1.54) is 17.4 Å². The number of amides is 1. The van der Waals surface area contributed by atoms with Crippen LogP contribution in [0.15, 0.2) is 42.5 Å². The Labute approximate surface area is 179 Å². The minimum absolute atomic E-state index is 0.136. The SMILES string of the molecule is CCN(CC)CCN(C(=O)COc1ccc(OC)cc1)c1nc2c(F)cccc2s1. The molecule has 6 nitrogen and oxygen atoms in total. The van der Waals surface area contributed by atoms with Crippen molar-refractivity contribution in [3.05, 3.63) is 48.3 Å². The van der Waals surface area contributed by atoms with Gasteiger partial charge >= 0.3 is 0 Å². The lowest BCUT2D eigenvalue weighted by atomic mass is 10.3. The van der Waals surface area contributed by atoms with E-state index in [-0.39, 0.29) is 23.8 Å². The van der Waals surface area contributed by atoms with E-state index in [0.717, 1.165) is 13.1 Å². The lowest BCUT2D eigenvalue weighted by Gasteiger charge is -2.24. The summed E-state index contributed by atoms with van der Waals surface area (Å²) < 4.78 is 25.6. The normalized spacial score (nSPS) is 11.1. The smallest absolute Gasteiger partial charge is 0.266 e. The standard InChI is InChI=1S/C22H26FN3O3S/c1-4-25(5-2)13-14-26(22-24-21-18(23)7-6-8-19(21)30-22)20(27)15-29-17-11-9-16(28-3)10-12-17/h6-12H,4-5,13-15H2,1-3H3. The summed E-state index contributed by atoms with van der Waals surface area (Å²) in [5, 5.41) is 0.477. The van der Waals surface area contributed by atoms with E-state index in [1.807, 2.05) is 0 Å². The van der Waals surface area contributed by atoms with Crippen molar-refractivity contribution >= 4 is 32.6 Å². The quantitative estimate of drug-likeness (QED) is 0.482. The Morgan fingerprint density at radius 2 is 1.77 bits per heavy atom. The first-order valence-corrected chi connectivity index (χ1v) is 10.7. The number of nitrogens with zero attached hydrogens (tertiary/aromatic N) is 3. The molecule has 8 heteroatoms. The van der Waals surface area contributed by atoms with Crippen LogP contribution in [0.3, 0.4) is 0 Å². The molecule has 3 aromatic rings. The molecule has 3 rings (SSSR count). The van der Waals surface area contributed by atoms with E-state index in [0.29, 0.717) is 34.4 Å². The number of aromatic nitrogens is 1. The van der Waals surface area contributed by atoms with Crippen LogP contribution in [-0.4, -0.2) is 55.7 Å². The number of carbonyl (C=O) groups is 1. The Morgan fingerprint density at radius 3 is 2.40 bits per heavy atom. The first-order valence-electron chi connectivity index (χ1n) is 9.90. The van der Waals surface area contributed by atoms with Gasteiger partial charge in [0.15, 0.2) is 11.7 Å². The fourth-order valence-corrected chi connectivity index (χ4v) is 4.05. The molecule has 0 aliphatic heterocycles. The summed E-state index contributed by atoms with van der Waals surface area (Å²) in [6, 6.07) is 11.9. The average Bonchev–Trinajstić information content (AvgIpc) is 3.21. The highest BCUT2D eigenvalue weighted by molar-refractivity contribution is 7.22. The van der Waals surface area contributed by atoms with Crippen LogP contribution in [0.25, 0.3) is 10.2 Å². The number of rotatable bonds is 10. The number of benzene rings is 2. The fraction of sp³-hybridized carbons (Fsp3) is 0.364. The summed E-state index contributed by atoms with van der Waals surface area (Å²) in [6.45, 7) is 6.94. The molecule has 0 N–H and O–H groups in total. The highest BCUT2D eigenvalue weighted by atomic mass is 32.1. The maximum atomic E-state index is 14.1. The van der Waals surface area contributed by atoms with Gasteiger partial charge in [-0.25, -0.2) is 9.37 Å². The van der Waals surface area contributed by atoms with Gasteiger partial charge in [0.2, 0.25) is 0 Å². The van der Waals surface area contributed by atoms with Crippen LogP contribution in [0, 0.1) is 5.82 Å². The zero-order valence-corrected chi connectivity index (χ0v) is 18.2. The summed E-state index contributed by atoms with van der Waals surface area (Å²) in [7, 11) is 1.59. The molecule has 160 valence electrons. The molecule has 1 amide bonds. The van der Waals surface area contributed by atoms with Gasteiger partial charge in [-0.05, 0) is 49.5 Å². The van der Waals surface area contributed by atoms with Gasteiger partial charge in [-0.3, -0.25) is 9.69 Å². The summed E-state index contributed by atoms with van der Waals surface area (Å²) in [6.07, 6.45) is 0. The zero-order chi connectivity index (χ0) is 21.5. The van der Waals surface area contributed by atoms with Gasteiger partial charge < -0.3 is 14.4 Å². The van der Waals surface area contributed by atoms with Crippen molar-refractivity contribution in [1.29, 1.82) is 0 Å². The van der Waals surface area contributed by atoms with Crippen LogP contribution in [0.5, 0.6) is 11.5 Å². The van der Waals surface area contributed by atoms with Crippen LogP contribution in [0.2, 0.25) is 0 Å². The number of thiazole rings is 1. The maximum absolute atomic E-state index is 14.1. The van der Waals surface area contributed by atoms with Gasteiger partial charge in [0.05, 0.1) is 11.8 Å². The number of hydrogen-bond acceptors (Lipinski definition) is 6. The largest absolute Gasteiger partial charge is 0.497 e. The monoisotopic (exact) mass is 431 g/mol. The molecule has 0 radical (unpaired) electrons. The molecule has 2 aromatic carbocycles. The third-order valence-corrected chi connectivity index (χ3v) is 5.89. The van der Waals surface area contributed by atoms with E-state index in [4.69, 9.17) is 9.47 Å². The Hall–Kier alpha value is -2.71. The number of fused-ring (bicyclic) bond motifs is 1. The van der Waals surface area contributed by atoms with Gasteiger partial charge in [-0.2, -0.15) is 0 Å². The first kappa shape index (κ1) is 22.0. The van der Waals surface area contributed by atoms with Gasteiger partial charge in [-0.15, -0.1) is 0 Å². The van der Waals surface area contributed by atoms with Crippen molar-refractivity contribution < 1.29 is 18.7 Å². The van der Waals surface area contributed by atoms with E-state index in [9.17, 15) is 9.18 Å². The predicted molar refractivity (Wildman–Crippen MR) is 118 cm³/mol. The van der Waals surface area contributed by atoms with Gasteiger partial charge in [-0.1, -0.05) is 31.3 Å². The number of carbonyl (C=O) groups excluding carboxylic acids is 1. The molecule has 1 heterocycles. The Balaban J connectivity index is 1.78. The zero-order valence-electron chi connectivity index (χ0n) is 17.4. The number of hydrogen-bond donors (Lipinski definition) is 0. The lowest BCUT2D eigenvalue weighted by Crippen LogP contribution is -2.41. The summed E-state index contributed by atoms with van der Waals surface area (Å²) >= 11 is 1.30. The van der Waals surface area contributed by atoms with Gasteiger partial charge in [0, 0.05) is 13.1 Å². The molecule has 1 aromatic heterocycles. The predicted octanol–water partition coefficient (Wildman–Crippen LogP) is 4.20. The van der Waals surface area contributed by atoms with Crippen LogP contribution < -0.4 is 14.4 Å². The molecule has 0 aliphatic rings. The van der Waals surface area contributed by atoms with Crippen molar-refractivity contribution in [2.24, 2.45) is 0 Å². The maximum Gasteiger partial charge on any atom is 0.266 e. The molecule has 0 aliphatic carbocycles. The first-order chi connectivity index (χ1) is 14.5. The molecule has 0 unspecified atom stereocenters. The van der Waals surface area contributed by atoms with E-state index >= 15 is 0 Å². The van der Waals surface area contributed by atoms with Crippen molar-refractivity contribution in [2.45, 2.75) is 13.8 Å². The van der Waals surface area contributed by atoms with Gasteiger partial charge in [0.1, 0.15) is 22.8 Å². The number of anilines is 1. The third-order valence-electron chi connectivity index (χ3n) is 4.85. The second-order valence-corrected chi connectivity index (χ2v) is 7.63. The average molecular weight is 432 g/mol. The molecular weight excluding hydrogens is 405 g/mol. The molecule has 0 bridgehead atoms. The highest BCUT2D eigenvalue weighted by Gasteiger charge is 2.22. The fourth-order valence-electron chi connectivity index (χ4n) is 3.02. The number of para-hydroxylation sites is 1. The minimum Gasteiger partial charge on any atom is -0.497 e. The Kier molecular flexibility index (Phi) is 7.59. The summed E-state index contributed by atoms with van der Waals surface area (Å²) in [4.78, 5) is 21.2. The van der Waals surface area contributed by atoms with E-state index in [2.05, 4.69) is 23.7 Å². The van der Waals surface area contributed by atoms with Crippen LogP contribution in [0.1, 0.15) is 13.8 Å².